The molecule has 0 atom stereocenters. The van der Waals surface area contributed by atoms with Gasteiger partial charge < -0.3 is 15.3 Å². The normalized spacial score (nSPS) is 20.3. The van der Waals surface area contributed by atoms with Gasteiger partial charge in [-0.15, -0.1) is 0 Å². The molecular formula is C8H16N2O2. The van der Waals surface area contributed by atoms with E-state index in [9.17, 15) is 9.90 Å². The van der Waals surface area contributed by atoms with E-state index in [-0.39, 0.29) is 11.9 Å². The Bertz CT molecular complexity index is 180. The van der Waals surface area contributed by atoms with Crippen LogP contribution in [0.25, 0.3) is 0 Å². The van der Waals surface area contributed by atoms with Crippen molar-refractivity contribution in [1.82, 2.24) is 10.2 Å². The summed E-state index contributed by atoms with van der Waals surface area (Å²) in [4.78, 5) is 13.3. The number of nitrogens with one attached hydrogen (secondary N) is 1. The van der Waals surface area contributed by atoms with Crippen molar-refractivity contribution in [3.8, 4) is 0 Å². The van der Waals surface area contributed by atoms with E-state index in [2.05, 4.69) is 10.2 Å². The zero-order valence-corrected chi connectivity index (χ0v) is 7.79. The van der Waals surface area contributed by atoms with Crippen molar-refractivity contribution in [3.63, 3.8) is 0 Å². The SMILES string of the molecule is CN1CC(NC(=O)C(C)(C)O)C1. The van der Waals surface area contributed by atoms with E-state index in [0.29, 0.717) is 0 Å². The first-order valence-electron chi connectivity index (χ1n) is 4.11. The minimum absolute atomic E-state index is 0.217. The largest absolute Gasteiger partial charge is 0.381 e. The quantitative estimate of drug-likeness (QED) is 0.572. The Balaban J connectivity index is 2.28. The van der Waals surface area contributed by atoms with E-state index in [1.807, 2.05) is 7.05 Å². The Kier molecular flexibility index (Phi) is 2.39. The van der Waals surface area contributed by atoms with Gasteiger partial charge in [-0.3, -0.25) is 4.79 Å². The number of likely N-dealkylation sites (tertiary alicyclic amines) is 1. The van der Waals surface area contributed by atoms with Gasteiger partial charge >= 0.3 is 0 Å². The lowest BCUT2D eigenvalue weighted by Gasteiger charge is -2.37. The number of amides is 1. The van der Waals surface area contributed by atoms with E-state index in [1.54, 1.807) is 0 Å². The Morgan fingerprint density at radius 2 is 2.08 bits per heavy atom. The van der Waals surface area contributed by atoms with E-state index >= 15 is 0 Å². The molecule has 1 aliphatic heterocycles. The molecule has 0 unspecified atom stereocenters. The number of aliphatic hydroxyl groups is 1. The average molecular weight is 172 g/mol. The molecule has 0 aromatic heterocycles. The summed E-state index contributed by atoms with van der Waals surface area (Å²) in [5, 5.41) is 12.1. The molecule has 0 aliphatic carbocycles. The van der Waals surface area contributed by atoms with E-state index in [0.717, 1.165) is 13.1 Å². The van der Waals surface area contributed by atoms with Crippen LogP contribution in [0.1, 0.15) is 13.8 Å². The van der Waals surface area contributed by atoms with Gasteiger partial charge in [-0.05, 0) is 20.9 Å². The zero-order chi connectivity index (χ0) is 9.35. The lowest BCUT2D eigenvalue weighted by atomic mass is 10.1. The van der Waals surface area contributed by atoms with Crippen LogP contribution < -0.4 is 5.32 Å². The molecule has 0 radical (unpaired) electrons. The van der Waals surface area contributed by atoms with Gasteiger partial charge in [0.1, 0.15) is 5.60 Å². The minimum atomic E-state index is -1.26. The molecule has 0 aromatic rings. The lowest BCUT2D eigenvalue weighted by molar-refractivity contribution is -0.138. The van der Waals surface area contributed by atoms with Crippen molar-refractivity contribution < 1.29 is 9.90 Å². The fourth-order valence-corrected chi connectivity index (χ4v) is 1.15. The first-order chi connectivity index (χ1) is 5.39. The number of nitrogens with zero attached hydrogens (tertiary/aromatic N) is 1. The molecule has 1 rings (SSSR count). The average Bonchev–Trinajstić information content (AvgIpc) is 1.82. The summed E-state index contributed by atoms with van der Waals surface area (Å²) in [6, 6.07) is 0.217. The van der Waals surface area contributed by atoms with Crippen LogP contribution in [-0.4, -0.2) is 47.7 Å². The van der Waals surface area contributed by atoms with Crippen LogP contribution in [0.3, 0.4) is 0 Å². The molecule has 0 spiro atoms. The predicted molar refractivity (Wildman–Crippen MR) is 45.7 cm³/mol. The van der Waals surface area contributed by atoms with Gasteiger partial charge in [0.25, 0.3) is 5.91 Å². The molecule has 4 heteroatoms. The van der Waals surface area contributed by atoms with Crippen molar-refractivity contribution in [3.05, 3.63) is 0 Å². The maximum absolute atomic E-state index is 11.2. The summed E-state index contributed by atoms with van der Waals surface area (Å²) in [6.07, 6.45) is 0. The molecule has 1 aliphatic rings. The summed E-state index contributed by atoms with van der Waals surface area (Å²) in [6.45, 7) is 4.74. The Hall–Kier alpha value is -0.610. The third kappa shape index (κ3) is 2.19. The Labute approximate surface area is 72.6 Å². The fraction of sp³-hybridized carbons (Fsp3) is 0.875. The fourth-order valence-electron chi connectivity index (χ4n) is 1.15. The third-order valence-corrected chi connectivity index (χ3v) is 1.96. The van der Waals surface area contributed by atoms with E-state index < -0.39 is 5.60 Å². The van der Waals surface area contributed by atoms with Gasteiger partial charge in [0.2, 0.25) is 0 Å². The molecule has 0 aromatic carbocycles. The summed E-state index contributed by atoms with van der Waals surface area (Å²) < 4.78 is 0. The molecule has 4 nitrogen and oxygen atoms in total. The van der Waals surface area contributed by atoms with E-state index in [4.69, 9.17) is 0 Å². The highest BCUT2D eigenvalue weighted by molar-refractivity contribution is 5.84. The predicted octanol–water partition coefficient (Wildman–Crippen LogP) is -0.812. The number of hydrogen-bond donors (Lipinski definition) is 2. The number of rotatable bonds is 2. The topological polar surface area (TPSA) is 52.6 Å². The number of carbonyl (C=O) groups excluding carboxylic acids is 1. The van der Waals surface area contributed by atoms with Crippen LogP contribution in [0, 0.1) is 0 Å². The van der Waals surface area contributed by atoms with Crippen molar-refractivity contribution in [1.29, 1.82) is 0 Å². The number of likely N-dealkylation sites (N-methyl/N-ethyl adjacent to an activating group) is 1. The van der Waals surface area contributed by atoms with E-state index in [1.165, 1.54) is 13.8 Å². The monoisotopic (exact) mass is 172 g/mol. The highest BCUT2D eigenvalue weighted by atomic mass is 16.3. The van der Waals surface area contributed by atoms with Gasteiger partial charge in [-0.25, -0.2) is 0 Å². The van der Waals surface area contributed by atoms with Crippen LogP contribution in [0.2, 0.25) is 0 Å². The summed E-state index contributed by atoms with van der Waals surface area (Å²) in [7, 11) is 1.99. The maximum atomic E-state index is 11.2. The molecular weight excluding hydrogens is 156 g/mol. The standard InChI is InChI=1S/C8H16N2O2/c1-8(2,12)7(11)9-6-4-10(3)5-6/h6,12H,4-5H2,1-3H3,(H,9,11). The third-order valence-electron chi connectivity index (χ3n) is 1.96. The zero-order valence-electron chi connectivity index (χ0n) is 7.79. The second-order valence-electron chi connectivity index (χ2n) is 3.95. The highest BCUT2D eigenvalue weighted by Crippen LogP contribution is 2.06. The Morgan fingerprint density at radius 1 is 1.58 bits per heavy atom. The van der Waals surface area contributed by atoms with Crippen LogP contribution in [-0.2, 0) is 4.79 Å². The van der Waals surface area contributed by atoms with Gasteiger partial charge in [0, 0.05) is 13.1 Å². The molecule has 12 heavy (non-hydrogen) atoms. The lowest BCUT2D eigenvalue weighted by Crippen LogP contribution is -2.60. The number of hydrogen-bond acceptors (Lipinski definition) is 3. The molecule has 1 fully saturated rings. The minimum Gasteiger partial charge on any atom is -0.381 e. The summed E-state index contributed by atoms with van der Waals surface area (Å²) in [5.74, 6) is -0.291. The molecule has 70 valence electrons. The molecule has 1 saturated heterocycles. The highest BCUT2D eigenvalue weighted by Gasteiger charge is 2.30. The first-order valence-corrected chi connectivity index (χ1v) is 4.11. The number of carbonyl (C=O) groups is 1. The summed E-state index contributed by atoms with van der Waals surface area (Å²) in [5.41, 5.74) is -1.26. The smallest absolute Gasteiger partial charge is 0.251 e. The van der Waals surface area contributed by atoms with Gasteiger partial charge in [0.15, 0.2) is 0 Å². The van der Waals surface area contributed by atoms with Crippen molar-refractivity contribution in [2.24, 2.45) is 0 Å². The van der Waals surface area contributed by atoms with Crippen molar-refractivity contribution in [2.75, 3.05) is 20.1 Å². The van der Waals surface area contributed by atoms with Gasteiger partial charge in [-0.1, -0.05) is 0 Å². The van der Waals surface area contributed by atoms with Crippen LogP contribution in [0.4, 0.5) is 0 Å². The summed E-state index contributed by atoms with van der Waals surface area (Å²) >= 11 is 0. The van der Waals surface area contributed by atoms with Gasteiger partial charge in [0.05, 0.1) is 6.04 Å². The second-order valence-corrected chi connectivity index (χ2v) is 3.95. The second kappa shape index (κ2) is 3.03. The molecule has 2 N–H and O–H groups in total. The molecule has 0 bridgehead atoms. The molecule has 1 heterocycles. The van der Waals surface area contributed by atoms with Gasteiger partial charge in [-0.2, -0.15) is 0 Å². The maximum Gasteiger partial charge on any atom is 0.251 e. The first kappa shape index (κ1) is 9.48. The van der Waals surface area contributed by atoms with Crippen LogP contribution in [0.15, 0.2) is 0 Å². The Morgan fingerprint density at radius 3 is 2.42 bits per heavy atom. The van der Waals surface area contributed by atoms with Crippen LogP contribution in [0.5, 0.6) is 0 Å². The molecule has 1 amide bonds. The molecule has 0 saturated carbocycles. The van der Waals surface area contributed by atoms with Crippen LogP contribution >= 0.6 is 0 Å². The van der Waals surface area contributed by atoms with Crippen molar-refractivity contribution >= 4 is 5.91 Å². The van der Waals surface area contributed by atoms with Crippen molar-refractivity contribution in [2.45, 2.75) is 25.5 Å².